The van der Waals surface area contributed by atoms with E-state index >= 15 is 0 Å². The molecule has 0 saturated heterocycles. The van der Waals surface area contributed by atoms with Gasteiger partial charge < -0.3 is 14.2 Å². The number of allylic oxidation sites excluding steroid dienone is 2. The van der Waals surface area contributed by atoms with Gasteiger partial charge in [0.15, 0.2) is 6.10 Å². The highest BCUT2D eigenvalue weighted by atomic mass is 16.6. The smallest absolute Gasteiger partial charge is 0.306 e. The summed E-state index contributed by atoms with van der Waals surface area (Å²) >= 11 is 0. The summed E-state index contributed by atoms with van der Waals surface area (Å²) in [5.41, 5.74) is 0. The zero-order valence-corrected chi connectivity index (χ0v) is 35.6. The fourth-order valence-electron chi connectivity index (χ4n) is 6.73. The normalized spacial score (nSPS) is 12.0. The van der Waals surface area contributed by atoms with Crippen molar-refractivity contribution in [3.05, 3.63) is 12.2 Å². The third-order valence-corrected chi connectivity index (χ3v) is 10.3. The Bertz CT molecular complexity index is 824. The van der Waals surface area contributed by atoms with Gasteiger partial charge in [-0.1, -0.05) is 200 Å². The highest BCUT2D eigenvalue weighted by molar-refractivity contribution is 5.71. The quantitative estimate of drug-likeness (QED) is 0.0268. The van der Waals surface area contributed by atoms with E-state index in [0.717, 1.165) is 64.2 Å². The summed E-state index contributed by atoms with van der Waals surface area (Å²) in [5.74, 6) is -0.871. The minimum atomic E-state index is -0.764. The Labute approximate surface area is 329 Å². The number of esters is 3. The third-order valence-electron chi connectivity index (χ3n) is 10.3. The van der Waals surface area contributed by atoms with Gasteiger partial charge in [-0.15, -0.1) is 0 Å². The standard InChI is InChI=1S/C47H88O6/c1-4-7-10-13-16-19-21-23-24-26-28-31-34-37-40-46(49)52-43-44(42-51-45(48)39-36-33-30-27-18-15-12-9-6-3)53-47(50)41-38-35-32-29-25-22-20-17-14-11-8-5-2/h21,23,44H,4-20,22,24-43H2,1-3H3/b23-21-. The second-order valence-electron chi connectivity index (χ2n) is 15.7. The lowest BCUT2D eigenvalue weighted by Gasteiger charge is -2.18. The summed E-state index contributed by atoms with van der Waals surface area (Å²) < 4.78 is 16.7. The van der Waals surface area contributed by atoms with Crippen LogP contribution < -0.4 is 0 Å². The van der Waals surface area contributed by atoms with Crippen LogP contribution in [-0.4, -0.2) is 37.2 Å². The molecule has 6 nitrogen and oxygen atoms in total. The van der Waals surface area contributed by atoms with Crippen LogP contribution in [0.5, 0.6) is 0 Å². The lowest BCUT2D eigenvalue weighted by atomic mass is 10.0. The van der Waals surface area contributed by atoms with Crippen molar-refractivity contribution in [2.24, 2.45) is 0 Å². The van der Waals surface area contributed by atoms with E-state index in [4.69, 9.17) is 14.2 Å². The molecule has 0 rings (SSSR count). The molecule has 0 radical (unpaired) electrons. The van der Waals surface area contributed by atoms with E-state index in [2.05, 4.69) is 32.9 Å². The summed E-state index contributed by atoms with van der Waals surface area (Å²) in [6, 6.07) is 0. The van der Waals surface area contributed by atoms with E-state index in [1.54, 1.807) is 0 Å². The van der Waals surface area contributed by atoms with Crippen LogP contribution in [0, 0.1) is 0 Å². The van der Waals surface area contributed by atoms with Crippen molar-refractivity contribution in [2.45, 2.75) is 258 Å². The molecule has 0 aromatic rings. The molecule has 312 valence electrons. The molecule has 0 bridgehead atoms. The van der Waals surface area contributed by atoms with Gasteiger partial charge in [-0.3, -0.25) is 14.4 Å². The predicted octanol–water partition coefficient (Wildman–Crippen LogP) is 14.6. The van der Waals surface area contributed by atoms with Crippen molar-refractivity contribution >= 4 is 17.9 Å². The van der Waals surface area contributed by atoms with Crippen molar-refractivity contribution in [1.29, 1.82) is 0 Å². The molecule has 6 heteroatoms. The zero-order chi connectivity index (χ0) is 38.7. The van der Waals surface area contributed by atoms with Gasteiger partial charge in [0.05, 0.1) is 0 Å². The Morgan fingerprint density at radius 2 is 0.623 bits per heavy atom. The Kier molecular flexibility index (Phi) is 41.4. The molecule has 0 N–H and O–H groups in total. The molecule has 1 unspecified atom stereocenters. The van der Waals surface area contributed by atoms with Crippen LogP contribution in [0.4, 0.5) is 0 Å². The molecule has 0 saturated carbocycles. The van der Waals surface area contributed by atoms with Crippen LogP contribution in [0.3, 0.4) is 0 Å². The van der Waals surface area contributed by atoms with Crippen LogP contribution in [0.1, 0.15) is 252 Å². The lowest BCUT2D eigenvalue weighted by molar-refractivity contribution is -0.167. The van der Waals surface area contributed by atoms with Crippen LogP contribution in [-0.2, 0) is 28.6 Å². The molecular weight excluding hydrogens is 661 g/mol. The van der Waals surface area contributed by atoms with E-state index in [1.165, 1.54) is 148 Å². The SMILES string of the molecule is CCCCCCC/C=C\CCCCCCCC(=O)OCC(COC(=O)CCCCCCCCCCC)OC(=O)CCCCCCCCCCCCCC. The second-order valence-corrected chi connectivity index (χ2v) is 15.7. The van der Waals surface area contributed by atoms with Gasteiger partial charge in [0.25, 0.3) is 0 Å². The Hall–Kier alpha value is -1.85. The maximum Gasteiger partial charge on any atom is 0.306 e. The molecule has 53 heavy (non-hydrogen) atoms. The van der Waals surface area contributed by atoms with Crippen molar-refractivity contribution in [3.63, 3.8) is 0 Å². The number of ether oxygens (including phenoxy) is 3. The molecule has 0 fully saturated rings. The van der Waals surface area contributed by atoms with Crippen molar-refractivity contribution in [2.75, 3.05) is 13.2 Å². The topological polar surface area (TPSA) is 78.9 Å². The van der Waals surface area contributed by atoms with Crippen LogP contribution >= 0.6 is 0 Å². The second kappa shape index (κ2) is 42.9. The van der Waals surface area contributed by atoms with Crippen LogP contribution in [0.15, 0.2) is 12.2 Å². The Balaban J connectivity index is 4.33. The van der Waals surface area contributed by atoms with Crippen molar-refractivity contribution in [3.8, 4) is 0 Å². The van der Waals surface area contributed by atoms with Crippen LogP contribution in [0.2, 0.25) is 0 Å². The summed E-state index contributed by atoms with van der Waals surface area (Å²) in [4.78, 5) is 37.7. The first-order valence-electron chi connectivity index (χ1n) is 23.2. The van der Waals surface area contributed by atoms with E-state index in [-0.39, 0.29) is 31.1 Å². The molecule has 0 heterocycles. The Morgan fingerprint density at radius 1 is 0.358 bits per heavy atom. The summed E-state index contributed by atoms with van der Waals surface area (Å²) in [5, 5.41) is 0. The van der Waals surface area contributed by atoms with Gasteiger partial charge >= 0.3 is 17.9 Å². The van der Waals surface area contributed by atoms with Gasteiger partial charge in [0.1, 0.15) is 13.2 Å². The van der Waals surface area contributed by atoms with E-state index in [9.17, 15) is 14.4 Å². The molecule has 1 atom stereocenters. The summed E-state index contributed by atoms with van der Waals surface area (Å²) in [7, 11) is 0. The molecule has 0 aliphatic carbocycles. The molecule has 0 amide bonds. The zero-order valence-electron chi connectivity index (χ0n) is 35.6. The van der Waals surface area contributed by atoms with Gasteiger partial charge in [0.2, 0.25) is 0 Å². The predicted molar refractivity (Wildman–Crippen MR) is 224 cm³/mol. The highest BCUT2D eigenvalue weighted by Crippen LogP contribution is 2.15. The molecule has 0 aromatic heterocycles. The van der Waals surface area contributed by atoms with Gasteiger partial charge in [-0.05, 0) is 44.9 Å². The van der Waals surface area contributed by atoms with Crippen LogP contribution in [0.25, 0.3) is 0 Å². The van der Waals surface area contributed by atoms with E-state index in [0.29, 0.717) is 19.3 Å². The number of unbranched alkanes of at least 4 members (excludes halogenated alkanes) is 29. The van der Waals surface area contributed by atoms with Gasteiger partial charge in [-0.25, -0.2) is 0 Å². The number of hydrogen-bond acceptors (Lipinski definition) is 6. The first-order valence-corrected chi connectivity index (χ1v) is 23.2. The summed E-state index contributed by atoms with van der Waals surface area (Å²) in [6.45, 7) is 6.61. The maximum atomic E-state index is 12.7. The fraction of sp³-hybridized carbons (Fsp3) is 0.894. The first kappa shape index (κ1) is 51.1. The lowest BCUT2D eigenvalue weighted by Crippen LogP contribution is -2.30. The fourth-order valence-corrected chi connectivity index (χ4v) is 6.73. The molecule has 0 aromatic carbocycles. The molecular formula is C47H88O6. The van der Waals surface area contributed by atoms with Crippen molar-refractivity contribution < 1.29 is 28.6 Å². The average Bonchev–Trinajstić information content (AvgIpc) is 3.15. The van der Waals surface area contributed by atoms with E-state index < -0.39 is 6.10 Å². The minimum absolute atomic E-state index is 0.0684. The van der Waals surface area contributed by atoms with Gasteiger partial charge in [0, 0.05) is 19.3 Å². The number of rotatable bonds is 42. The molecule has 0 aliphatic rings. The van der Waals surface area contributed by atoms with Gasteiger partial charge in [-0.2, -0.15) is 0 Å². The average molecular weight is 749 g/mol. The largest absolute Gasteiger partial charge is 0.462 e. The molecule has 0 spiro atoms. The molecule has 0 aliphatic heterocycles. The summed E-state index contributed by atoms with van der Waals surface area (Å²) in [6.07, 6.45) is 44.7. The Morgan fingerprint density at radius 3 is 0.943 bits per heavy atom. The van der Waals surface area contributed by atoms with E-state index in [1.807, 2.05) is 0 Å². The highest BCUT2D eigenvalue weighted by Gasteiger charge is 2.19. The first-order chi connectivity index (χ1) is 26.0. The minimum Gasteiger partial charge on any atom is -0.462 e. The van der Waals surface area contributed by atoms with Crippen molar-refractivity contribution in [1.82, 2.24) is 0 Å². The maximum absolute atomic E-state index is 12.7. The number of carbonyl (C=O) groups is 3. The third kappa shape index (κ3) is 41.2. The monoisotopic (exact) mass is 749 g/mol. The number of carbonyl (C=O) groups excluding carboxylic acids is 3. The number of hydrogen-bond donors (Lipinski definition) is 0.